The second kappa shape index (κ2) is 7.06. The lowest BCUT2D eigenvalue weighted by Gasteiger charge is -2.32. The van der Waals surface area contributed by atoms with E-state index < -0.39 is 45.0 Å². The third-order valence-corrected chi connectivity index (χ3v) is 7.27. The van der Waals surface area contributed by atoms with Crippen molar-refractivity contribution in [1.29, 1.82) is 0 Å². The molecule has 0 aromatic heterocycles. The van der Waals surface area contributed by atoms with E-state index in [2.05, 4.69) is 0 Å². The van der Waals surface area contributed by atoms with Crippen LogP contribution >= 0.6 is 0 Å². The predicted molar refractivity (Wildman–Crippen MR) is 97.3 cm³/mol. The Morgan fingerprint density at radius 1 is 1.04 bits per heavy atom. The summed E-state index contributed by atoms with van der Waals surface area (Å²) in [5, 5.41) is 0. The van der Waals surface area contributed by atoms with Crippen molar-refractivity contribution in [3.05, 3.63) is 23.8 Å². The minimum Gasteiger partial charge on any atom is -0.399 e. The standard InChI is InChI=1S/C17H25BF3NO4S/c1-7-22(8-2)27(23,24)14-10-9-12(11-13(14)17(19,20)21)18-25-15(3,4)16(5,6)26-18/h9-11H,7-8H2,1-6H3. The molecule has 1 aromatic rings. The van der Waals surface area contributed by atoms with E-state index in [-0.39, 0.29) is 18.6 Å². The summed E-state index contributed by atoms with van der Waals surface area (Å²) in [6.07, 6.45) is -4.84. The zero-order valence-corrected chi connectivity index (χ0v) is 17.2. The van der Waals surface area contributed by atoms with Gasteiger partial charge in [0, 0.05) is 13.1 Å². The minimum absolute atomic E-state index is 0.0785. The first kappa shape index (κ1) is 22.2. The zero-order valence-electron chi connectivity index (χ0n) is 16.3. The van der Waals surface area contributed by atoms with Crippen molar-refractivity contribution in [2.75, 3.05) is 13.1 Å². The van der Waals surface area contributed by atoms with Crippen LogP contribution in [0.5, 0.6) is 0 Å². The highest BCUT2D eigenvalue weighted by Gasteiger charge is 2.52. The largest absolute Gasteiger partial charge is 0.494 e. The molecule has 1 aliphatic heterocycles. The zero-order chi connectivity index (χ0) is 20.8. The normalized spacial score (nSPS) is 19.7. The van der Waals surface area contributed by atoms with Gasteiger partial charge >= 0.3 is 13.3 Å². The maximum Gasteiger partial charge on any atom is 0.494 e. The Bertz CT molecular complexity index is 789. The molecule has 0 saturated carbocycles. The Balaban J connectivity index is 2.56. The van der Waals surface area contributed by atoms with Crippen LogP contribution in [0.2, 0.25) is 0 Å². The summed E-state index contributed by atoms with van der Waals surface area (Å²) in [6, 6.07) is 3.10. The molecular weight excluding hydrogens is 382 g/mol. The Hall–Kier alpha value is -1.10. The highest BCUT2D eigenvalue weighted by Crippen LogP contribution is 2.38. The van der Waals surface area contributed by atoms with Gasteiger partial charge in [0.25, 0.3) is 0 Å². The average Bonchev–Trinajstić information content (AvgIpc) is 2.75. The number of rotatable bonds is 5. The SMILES string of the molecule is CCN(CC)S(=O)(=O)c1ccc(B2OC(C)(C)C(C)(C)O2)cc1C(F)(F)F. The van der Waals surface area contributed by atoms with Gasteiger partial charge in [0.05, 0.1) is 21.7 Å². The van der Waals surface area contributed by atoms with E-state index in [0.717, 1.165) is 16.4 Å². The van der Waals surface area contributed by atoms with Gasteiger partial charge < -0.3 is 9.31 Å². The molecule has 5 nitrogen and oxygen atoms in total. The van der Waals surface area contributed by atoms with E-state index in [4.69, 9.17) is 9.31 Å². The highest BCUT2D eigenvalue weighted by molar-refractivity contribution is 7.89. The van der Waals surface area contributed by atoms with Gasteiger partial charge in [-0.25, -0.2) is 8.42 Å². The van der Waals surface area contributed by atoms with Gasteiger partial charge in [-0.05, 0) is 45.3 Å². The Morgan fingerprint density at radius 3 is 1.93 bits per heavy atom. The van der Waals surface area contributed by atoms with Gasteiger partial charge in [-0.3, -0.25) is 0 Å². The molecular formula is C17H25BF3NO4S. The second-order valence-corrected chi connectivity index (χ2v) is 9.34. The number of alkyl halides is 3. The number of benzene rings is 1. The van der Waals surface area contributed by atoms with Crippen LogP contribution in [0, 0.1) is 0 Å². The van der Waals surface area contributed by atoms with Crippen LogP contribution in [0.1, 0.15) is 47.1 Å². The molecule has 0 N–H and O–H groups in total. The first-order chi connectivity index (χ1) is 12.2. The van der Waals surface area contributed by atoms with Crippen molar-refractivity contribution in [1.82, 2.24) is 4.31 Å². The fourth-order valence-corrected chi connectivity index (χ4v) is 4.47. The molecule has 0 spiro atoms. The minimum atomic E-state index is -4.84. The molecule has 0 radical (unpaired) electrons. The maximum absolute atomic E-state index is 13.7. The summed E-state index contributed by atoms with van der Waals surface area (Å²) >= 11 is 0. The van der Waals surface area contributed by atoms with E-state index in [1.165, 1.54) is 6.07 Å². The van der Waals surface area contributed by atoms with Crippen LogP contribution in [0.4, 0.5) is 13.2 Å². The quantitative estimate of drug-likeness (QED) is 0.705. The average molecular weight is 407 g/mol. The van der Waals surface area contributed by atoms with Crippen molar-refractivity contribution < 1.29 is 30.9 Å². The predicted octanol–water partition coefficient (Wildman–Crippen LogP) is 3.04. The van der Waals surface area contributed by atoms with Gasteiger partial charge in [-0.2, -0.15) is 17.5 Å². The molecule has 1 aromatic carbocycles. The molecule has 1 aliphatic rings. The van der Waals surface area contributed by atoms with Crippen molar-refractivity contribution in [3.8, 4) is 0 Å². The molecule has 0 aliphatic carbocycles. The molecule has 1 heterocycles. The Kier molecular flexibility index (Phi) is 5.80. The van der Waals surface area contributed by atoms with Gasteiger partial charge in [0.1, 0.15) is 0 Å². The number of halogens is 3. The number of hydrogen-bond acceptors (Lipinski definition) is 4. The van der Waals surface area contributed by atoms with Crippen molar-refractivity contribution >= 4 is 22.6 Å². The summed E-state index contributed by atoms with van der Waals surface area (Å²) < 4.78 is 78.9. The maximum atomic E-state index is 13.7. The fourth-order valence-electron chi connectivity index (χ4n) is 2.82. The van der Waals surface area contributed by atoms with Crippen molar-refractivity contribution in [3.63, 3.8) is 0 Å². The highest BCUT2D eigenvalue weighted by atomic mass is 32.2. The molecule has 152 valence electrons. The summed E-state index contributed by atoms with van der Waals surface area (Å²) in [5.41, 5.74) is -2.54. The fraction of sp³-hybridized carbons (Fsp3) is 0.647. The molecule has 10 heteroatoms. The third kappa shape index (κ3) is 4.04. The van der Waals surface area contributed by atoms with Crippen LogP contribution < -0.4 is 5.46 Å². The first-order valence-corrected chi connectivity index (χ1v) is 10.2. The van der Waals surface area contributed by atoms with Gasteiger partial charge in [-0.15, -0.1) is 0 Å². The summed E-state index contributed by atoms with van der Waals surface area (Å²) in [4.78, 5) is -0.765. The lowest BCUT2D eigenvalue weighted by Crippen LogP contribution is -2.41. The monoisotopic (exact) mass is 407 g/mol. The number of nitrogens with zero attached hydrogens (tertiary/aromatic N) is 1. The number of hydrogen-bond donors (Lipinski definition) is 0. The first-order valence-electron chi connectivity index (χ1n) is 8.74. The van der Waals surface area contributed by atoms with Crippen LogP contribution in [-0.4, -0.2) is 44.1 Å². The van der Waals surface area contributed by atoms with Crippen LogP contribution in [0.15, 0.2) is 23.1 Å². The van der Waals surface area contributed by atoms with E-state index in [1.54, 1.807) is 41.5 Å². The second-order valence-electron chi connectivity index (χ2n) is 7.43. The van der Waals surface area contributed by atoms with Gasteiger partial charge in [0.2, 0.25) is 10.0 Å². The Labute approximate surface area is 159 Å². The molecule has 1 fully saturated rings. The van der Waals surface area contributed by atoms with E-state index in [9.17, 15) is 21.6 Å². The molecule has 0 atom stereocenters. The molecule has 0 amide bonds. The summed E-state index contributed by atoms with van der Waals surface area (Å²) in [6.45, 7) is 10.5. The van der Waals surface area contributed by atoms with E-state index in [0.29, 0.717) is 0 Å². The van der Waals surface area contributed by atoms with E-state index >= 15 is 0 Å². The molecule has 0 bridgehead atoms. The molecule has 27 heavy (non-hydrogen) atoms. The third-order valence-electron chi connectivity index (χ3n) is 5.16. The number of sulfonamides is 1. The smallest absolute Gasteiger partial charge is 0.399 e. The summed E-state index contributed by atoms with van der Waals surface area (Å²) in [5.74, 6) is 0. The molecule has 1 saturated heterocycles. The van der Waals surface area contributed by atoms with Crippen LogP contribution in [0.3, 0.4) is 0 Å². The lowest BCUT2D eigenvalue weighted by molar-refractivity contribution is -0.139. The summed E-state index contributed by atoms with van der Waals surface area (Å²) in [7, 11) is -5.28. The van der Waals surface area contributed by atoms with Crippen molar-refractivity contribution in [2.24, 2.45) is 0 Å². The van der Waals surface area contributed by atoms with Crippen LogP contribution in [0.25, 0.3) is 0 Å². The topological polar surface area (TPSA) is 55.8 Å². The van der Waals surface area contributed by atoms with E-state index in [1.807, 2.05) is 0 Å². The Morgan fingerprint density at radius 2 is 1.52 bits per heavy atom. The van der Waals surface area contributed by atoms with Gasteiger partial charge in [-0.1, -0.05) is 19.9 Å². The lowest BCUT2D eigenvalue weighted by atomic mass is 9.78. The molecule has 0 unspecified atom stereocenters. The molecule has 2 rings (SSSR count). The van der Waals surface area contributed by atoms with Crippen LogP contribution in [-0.2, 0) is 25.5 Å². The van der Waals surface area contributed by atoms with Crippen molar-refractivity contribution in [2.45, 2.75) is 63.8 Å². The van der Waals surface area contributed by atoms with Gasteiger partial charge in [0.15, 0.2) is 0 Å².